The van der Waals surface area contributed by atoms with Crippen molar-refractivity contribution >= 4 is 28.3 Å². The van der Waals surface area contributed by atoms with E-state index in [1.54, 1.807) is 35.0 Å². The number of aromatic nitrogens is 3. The lowest BCUT2D eigenvalue weighted by atomic mass is 10.1. The molecule has 1 N–H and O–H groups in total. The number of carbonyl (C=O) groups is 1. The first kappa shape index (κ1) is 15.5. The number of aromatic amines is 1. The average Bonchev–Trinajstić information content (AvgIpc) is 3.17. The predicted molar refractivity (Wildman–Crippen MR) is 90.9 cm³/mol. The Morgan fingerprint density at radius 1 is 1.52 bits per heavy atom. The van der Waals surface area contributed by atoms with E-state index in [2.05, 4.69) is 10.1 Å². The molecule has 0 aromatic carbocycles. The fourth-order valence-corrected chi connectivity index (χ4v) is 3.36. The van der Waals surface area contributed by atoms with Crippen molar-refractivity contribution in [3.63, 3.8) is 0 Å². The van der Waals surface area contributed by atoms with Crippen LogP contribution in [0.3, 0.4) is 0 Å². The number of nitrogens with one attached hydrogen (secondary N) is 1. The lowest BCUT2D eigenvalue weighted by Gasteiger charge is -2.24. The van der Waals surface area contributed by atoms with Gasteiger partial charge in [0.1, 0.15) is 11.2 Å². The molecule has 3 aromatic rings. The molecule has 6 nitrogen and oxygen atoms in total. The van der Waals surface area contributed by atoms with Crippen LogP contribution in [0.25, 0.3) is 11.0 Å². The molecule has 0 aliphatic rings. The summed E-state index contributed by atoms with van der Waals surface area (Å²) < 4.78 is 1.58. The van der Waals surface area contributed by atoms with Crippen LogP contribution in [-0.4, -0.2) is 38.7 Å². The van der Waals surface area contributed by atoms with Crippen LogP contribution in [0.5, 0.6) is 0 Å². The molecule has 3 heterocycles. The number of amides is 1. The third kappa shape index (κ3) is 2.79. The Bertz CT molecular complexity index is 895. The summed E-state index contributed by atoms with van der Waals surface area (Å²) in [5.74, 6) is -0.277. The molecule has 120 valence electrons. The normalized spacial score (nSPS) is 12.5. The van der Waals surface area contributed by atoms with Gasteiger partial charge in [-0.3, -0.25) is 14.3 Å². The molecular weight excluding hydrogens is 312 g/mol. The number of H-pyrrole nitrogens is 1. The second-order valence-corrected chi connectivity index (χ2v) is 6.64. The third-order valence-electron chi connectivity index (χ3n) is 4.07. The lowest BCUT2D eigenvalue weighted by Crippen LogP contribution is -2.38. The third-order valence-corrected chi connectivity index (χ3v) is 4.97. The second kappa shape index (κ2) is 6.00. The van der Waals surface area contributed by atoms with Crippen LogP contribution in [0, 0.1) is 0 Å². The summed E-state index contributed by atoms with van der Waals surface area (Å²) in [4.78, 5) is 31.0. The van der Waals surface area contributed by atoms with Crippen LogP contribution in [0.1, 0.15) is 22.2 Å². The van der Waals surface area contributed by atoms with Crippen molar-refractivity contribution in [1.29, 1.82) is 0 Å². The number of thiophene rings is 1. The maximum absolute atomic E-state index is 12.7. The Morgan fingerprint density at radius 2 is 2.30 bits per heavy atom. The molecular formula is C16H18N4O2S. The molecule has 7 heteroatoms. The van der Waals surface area contributed by atoms with Crippen LogP contribution in [0.15, 0.2) is 34.7 Å². The highest BCUT2D eigenvalue weighted by molar-refractivity contribution is 7.09. The number of hydrogen-bond donors (Lipinski definition) is 1. The zero-order valence-electron chi connectivity index (χ0n) is 13.2. The van der Waals surface area contributed by atoms with Gasteiger partial charge in [0.2, 0.25) is 5.43 Å². The molecule has 0 aliphatic carbocycles. The predicted octanol–water partition coefficient (Wildman–Crippen LogP) is 2.03. The summed E-state index contributed by atoms with van der Waals surface area (Å²) in [6, 6.07) is 4.05. The lowest BCUT2D eigenvalue weighted by molar-refractivity contribution is 0.0742. The van der Waals surface area contributed by atoms with Crippen molar-refractivity contribution in [2.24, 2.45) is 7.05 Å². The van der Waals surface area contributed by atoms with Gasteiger partial charge in [-0.2, -0.15) is 5.10 Å². The molecule has 0 radical (unpaired) electrons. The Morgan fingerprint density at radius 3 is 3.00 bits per heavy atom. The van der Waals surface area contributed by atoms with Gasteiger partial charge in [0.15, 0.2) is 0 Å². The number of pyridine rings is 1. The van der Waals surface area contributed by atoms with E-state index in [1.807, 2.05) is 24.4 Å². The first-order valence-electron chi connectivity index (χ1n) is 7.32. The SMILES string of the molecule is CC(Cc1cccs1)N(C)C(=O)c1c[nH]c2c(cnn2C)c1=O. The minimum atomic E-state index is -0.285. The molecule has 3 aromatic heterocycles. The van der Waals surface area contributed by atoms with Crippen molar-refractivity contribution in [2.75, 3.05) is 7.05 Å². The van der Waals surface area contributed by atoms with E-state index in [-0.39, 0.29) is 22.9 Å². The van der Waals surface area contributed by atoms with E-state index in [0.717, 1.165) is 6.42 Å². The molecule has 0 bridgehead atoms. The second-order valence-electron chi connectivity index (χ2n) is 5.61. The molecule has 0 aliphatic heterocycles. The smallest absolute Gasteiger partial charge is 0.259 e. The topological polar surface area (TPSA) is 71.0 Å². The number of likely N-dealkylation sites (N-methyl/N-ethyl adjacent to an activating group) is 1. The molecule has 23 heavy (non-hydrogen) atoms. The molecule has 1 unspecified atom stereocenters. The maximum atomic E-state index is 12.7. The monoisotopic (exact) mass is 330 g/mol. The number of aryl methyl sites for hydroxylation is 1. The molecule has 1 atom stereocenters. The highest BCUT2D eigenvalue weighted by atomic mass is 32.1. The van der Waals surface area contributed by atoms with Crippen molar-refractivity contribution < 1.29 is 4.79 Å². The highest BCUT2D eigenvalue weighted by Crippen LogP contribution is 2.15. The van der Waals surface area contributed by atoms with Crippen LogP contribution in [0.2, 0.25) is 0 Å². The highest BCUT2D eigenvalue weighted by Gasteiger charge is 2.22. The molecule has 0 spiro atoms. The first-order valence-corrected chi connectivity index (χ1v) is 8.20. The summed E-state index contributed by atoms with van der Waals surface area (Å²) in [5, 5.41) is 6.50. The van der Waals surface area contributed by atoms with E-state index in [0.29, 0.717) is 11.0 Å². The van der Waals surface area contributed by atoms with Crippen molar-refractivity contribution in [1.82, 2.24) is 19.7 Å². The molecule has 1 amide bonds. The van der Waals surface area contributed by atoms with Gasteiger partial charge in [-0.25, -0.2) is 0 Å². The van der Waals surface area contributed by atoms with Gasteiger partial charge in [-0.1, -0.05) is 6.07 Å². The summed E-state index contributed by atoms with van der Waals surface area (Å²) in [6.07, 6.45) is 3.73. The van der Waals surface area contributed by atoms with Crippen LogP contribution in [0.4, 0.5) is 0 Å². The molecule has 0 saturated carbocycles. The van der Waals surface area contributed by atoms with Gasteiger partial charge in [-0.15, -0.1) is 11.3 Å². The number of rotatable bonds is 4. The van der Waals surface area contributed by atoms with Gasteiger partial charge in [-0.05, 0) is 18.4 Å². The number of hydrogen-bond acceptors (Lipinski definition) is 4. The maximum Gasteiger partial charge on any atom is 0.259 e. The van der Waals surface area contributed by atoms with Gasteiger partial charge in [0.05, 0.1) is 11.6 Å². The van der Waals surface area contributed by atoms with E-state index < -0.39 is 0 Å². The Labute approximate surface area is 137 Å². The fourth-order valence-electron chi connectivity index (χ4n) is 2.53. The number of carbonyl (C=O) groups excluding carboxylic acids is 1. The molecule has 0 saturated heterocycles. The fraction of sp³-hybridized carbons (Fsp3) is 0.312. The summed E-state index contributed by atoms with van der Waals surface area (Å²) in [6.45, 7) is 1.98. The van der Waals surface area contributed by atoms with Crippen LogP contribution in [-0.2, 0) is 13.5 Å². The summed E-state index contributed by atoms with van der Waals surface area (Å²) >= 11 is 1.67. The van der Waals surface area contributed by atoms with E-state index in [9.17, 15) is 9.59 Å². The largest absolute Gasteiger partial charge is 0.345 e. The first-order chi connectivity index (χ1) is 11.0. The Hall–Kier alpha value is -2.41. The van der Waals surface area contributed by atoms with E-state index in [4.69, 9.17) is 0 Å². The minimum Gasteiger partial charge on any atom is -0.345 e. The Kier molecular flexibility index (Phi) is 4.04. The van der Waals surface area contributed by atoms with Gasteiger partial charge < -0.3 is 9.88 Å². The number of nitrogens with zero attached hydrogens (tertiary/aromatic N) is 3. The average molecular weight is 330 g/mol. The van der Waals surface area contributed by atoms with Crippen LogP contribution >= 0.6 is 11.3 Å². The number of fused-ring (bicyclic) bond motifs is 1. The Balaban J connectivity index is 1.87. The zero-order valence-corrected chi connectivity index (χ0v) is 14.1. The zero-order chi connectivity index (χ0) is 16.6. The van der Waals surface area contributed by atoms with E-state index in [1.165, 1.54) is 17.3 Å². The van der Waals surface area contributed by atoms with Crippen LogP contribution < -0.4 is 5.43 Å². The quantitative estimate of drug-likeness (QED) is 0.795. The van der Waals surface area contributed by atoms with Crippen molar-refractivity contribution in [3.05, 3.63) is 50.6 Å². The summed E-state index contributed by atoms with van der Waals surface area (Å²) in [7, 11) is 3.47. The minimum absolute atomic E-state index is 0.00476. The molecule has 3 rings (SSSR count). The summed E-state index contributed by atoms with van der Waals surface area (Å²) in [5.41, 5.74) is 0.471. The van der Waals surface area contributed by atoms with Gasteiger partial charge >= 0.3 is 0 Å². The standard InChI is InChI=1S/C16H18N4O2S/c1-10(7-11-5-4-6-23-11)19(2)16(22)13-8-17-15-12(14(13)21)9-18-20(15)3/h4-6,8-10H,7H2,1-3H3,(H,17,21). The van der Waals surface area contributed by atoms with Crippen molar-refractivity contribution in [3.8, 4) is 0 Å². The van der Waals surface area contributed by atoms with Gasteiger partial charge in [0.25, 0.3) is 5.91 Å². The van der Waals surface area contributed by atoms with Gasteiger partial charge in [0, 0.05) is 37.6 Å². The van der Waals surface area contributed by atoms with Crippen molar-refractivity contribution in [2.45, 2.75) is 19.4 Å². The van der Waals surface area contributed by atoms with E-state index >= 15 is 0 Å². The molecule has 0 fully saturated rings.